The van der Waals surface area contributed by atoms with E-state index >= 15 is 0 Å². The average Bonchev–Trinajstić information content (AvgIpc) is 1.88. The molecule has 1 unspecified atom stereocenters. The zero-order valence-corrected chi connectivity index (χ0v) is 6.21. The van der Waals surface area contributed by atoms with E-state index < -0.39 is 5.75 Å². The summed E-state index contributed by atoms with van der Waals surface area (Å²) in [5.41, 5.74) is 0. The lowest BCUT2D eigenvalue weighted by Crippen LogP contribution is -2.02. The quantitative estimate of drug-likeness (QED) is 0.493. The molecule has 1 N–H and O–H groups in total. The van der Waals surface area contributed by atoms with Gasteiger partial charge < -0.3 is 9.84 Å². The van der Waals surface area contributed by atoms with E-state index in [4.69, 9.17) is 21.4 Å². The molecule has 0 saturated heterocycles. The first kappa shape index (κ1) is 7.63. The van der Waals surface area contributed by atoms with Crippen molar-refractivity contribution in [2.45, 2.75) is 18.6 Å². The van der Waals surface area contributed by atoms with Crippen molar-refractivity contribution in [2.75, 3.05) is 0 Å². The third-order valence-corrected chi connectivity index (χ3v) is 1.28. The molecule has 0 aromatic rings. The smallest absolute Gasteiger partial charge is 0.277 e. The molecule has 0 heterocycles. The standard InChI is InChI=1S/C7H9ClO2/c8-7(9)10-6-4-2-1-3-5-6/h2,4-5,7,9H,1,3H2. The zero-order chi connectivity index (χ0) is 7.40. The zero-order valence-electron chi connectivity index (χ0n) is 5.46. The molecular weight excluding hydrogens is 152 g/mol. The first-order valence-electron chi connectivity index (χ1n) is 3.14. The Morgan fingerprint density at radius 3 is 2.90 bits per heavy atom. The van der Waals surface area contributed by atoms with Gasteiger partial charge in [-0.3, -0.25) is 0 Å². The Morgan fingerprint density at radius 1 is 1.60 bits per heavy atom. The summed E-state index contributed by atoms with van der Waals surface area (Å²) in [7, 11) is 0. The first-order valence-corrected chi connectivity index (χ1v) is 3.58. The Labute approximate surface area is 64.8 Å². The summed E-state index contributed by atoms with van der Waals surface area (Å²) in [5, 5.41) is 8.57. The van der Waals surface area contributed by atoms with Crippen LogP contribution in [0.5, 0.6) is 0 Å². The number of rotatable bonds is 2. The fraction of sp³-hybridized carbons (Fsp3) is 0.429. The minimum atomic E-state index is -1.23. The van der Waals surface area contributed by atoms with Crippen molar-refractivity contribution in [2.24, 2.45) is 0 Å². The lowest BCUT2D eigenvalue weighted by atomic mass is 10.2. The number of aliphatic hydroxyl groups excluding tert-OH is 1. The summed E-state index contributed by atoms with van der Waals surface area (Å²) < 4.78 is 4.79. The molecule has 0 amide bonds. The molecule has 1 rings (SSSR count). The van der Waals surface area contributed by atoms with Crippen LogP contribution in [0.15, 0.2) is 24.0 Å². The van der Waals surface area contributed by atoms with Crippen molar-refractivity contribution in [1.82, 2.24) is 0 Å². The van der Waals surface area contributed by atoms with Gasteiger partial charge in [-0.2, -0.15) is 0 Å². The van der Waals surface area contributed by atoms with Gasteiger partial charge in [-0.1, -0.05) is 6.08 Å². The van der Waals surface area contributed by atoms with E-state index in [9.17, 15) is 0 Å². The summed E-state index contributed by atoms with van der Waals surface area (Å²) >= 11 is 5.17. The number of aliphatic hydroxyl groups is 1. The molecular formula is C7H9ClO2. The van der Waals surface area contributed by atoms with Crippen LogP contribution in [0.3, 0.4) is 0 Å². The highest BCUT2D eigenvalue weighted by atomic mass is 35.5. The molecule has 56 valence electrons. The van der Waals surface area contributed by atoms with Crippen LogP contribution in [0, 0.1) is 0 Å². The van der Waals surface area contributed by atoms with Crippen LogP contribution in [-0.2, 0) is 4.74 Å². The second-order valence-corrected chi connectivity index (χ2v) is 2.37. The molecule has 3 heteroatoms. The lowest BCUT2D eigenvalue weighted by Gasteiger charge is -2.09. The van der Waals surface area contributed by atoms with Gasteiger partial charge in [0.1, 0.15) is 5.76 Å². The average molecular weight is 161 g/mol. The SMILES string of the molecule is OC(Cl)OC1=CCCC=C1. The van der Waals surface area contributed by atoms with Crippen LogP contribution in [0.2, 0.25) is 0 Å². The highest BCUT2D eigenvalue weighted by Crippen LogP contribution is 2.12. The van der Waals surface area contributed by atoms with E-state index in [1.807, 2.05) is 12.2 Å². The molecule has 1 aliphatic rings. The largest absolute Gasteiger partial charge is 0.451 e. The van der Waals surface area contributed by atoms with Gasteiger partial charge in [-0.25, -0.2) is 0 Å². The molecule has 0 saturated carbocycles. The molecule has 0 aromatic carbocycles. The van der Waals surface area contributed by atoms with Crippen molar-refractivity contribution in [3.8, 4) is 0 Å². The minimum absolute atomic E-state index is 0.647. The van der Waals surface area contributed by atoms with Gasteiger partial charge in [-0.05, 0) is 36.6 Å². The Bertz CT molecular complexity index is 161. The maximum absolute atomic E-state index is 8.57. The van der Waals surface area contributed by atoms with E-state index in [0.29, 0.717) is 5.76 Å². The molecule has 2 nitrogen and oxygen atoms in total. The molecule has 10 heavy (non-hydrogen) atoms. The van der Waals surface area contributed by atoms with Crippen molar-refractivity contribution >= 4 is 11.6 Å². The van der Waals surface area contributed by atoms with E-state index in [1.165, 1.54) is 0 Å². The van der Waals surface area contributed by atoms with Crippen molar-refractivity contribution in [3.05, 3.63) is 24.0 Å². The molecule has 0 spiro atoms. The molecule has 0 aliphatic heterocycles. The van der Waals surface area contributed by atoms with Gasteiger partial charge in [0, 0.05) is 0 Å². The Hall–Kier alpha value is -0.470. The molecule has 1 aliphatic carbocycles. The van der Waals surface area contributed by atoms with E-state index in [2.05, 4.69) is 0 Å². The summed E-state index contributed by atoms with van der Waals surface area (Å²) in [6.45, 7) is 0. The summed E-state index contributed by atoms with van der Waals surface area (Å²) in [6, 6.07) is 0. The second kappa shape index (κ2) is 3.64. The van der Waals surface area contributed by atoms with E-state index in [-0.39, 0.29) is 0 Å². The van der Waals surface area contributed by atoms with Crippen LogP contribution in [0.1, 0.15) is 12.8 Å². The van der Waals surface area contributed by atoms with Gasteiger partial charge in [0.2, 0.25) is 0 Å². The summed E-state index contributed by atoms with van der Waals surface area (Å²) in [4.78, 5) is 0. The topological polar surface area (TPSA) is 29.5 Å². The van der Waals surface area contributed by atoms with Crippen LogP contribution in [0.25, 0.3) is 0 Å². The van der Waals surface area contributed by atoms with Gasteiger partial charge in [0.25, 0.3) is 5.75 Å². The normalized spacial score (nSPS) is 20.0. The minimum Gasteiger partial charge on any atom is -0.451 e. The number of hydrogen-bond donors (Lipinski definition) is 1. The second-order valence-electron chi connectivity index (χ2n) is 2.00. The van der Waals surface area contributed by atoms with Crippen molar-refractivity contribution in [1.29, 1.82) is 0 Å². The Kier molecular flexibility index (Phi) is 2.78. The van der Waals surface area contributed by atoms with Crippen LogP contribution < -0.4 is 0 Å². The number of hydrogen-bond acceptors (Lipinski definition) is 2. The fourth-order valence-electron chi connectivity index (χ4n) is 0.789. The van der Waals surface area contributed by atoms with Gasteiger partial charge >= 0.3 is 0 Å². The monoisotopic (exact) mass is 160 g/mol. The number of allylic oxidation sites excluding steroid dienone is 3. The van der Waals surface area contributed by atoms with Crippen molar-refractivity contribution < 1.29 is 9.84 Å². The van der Waals surface area contributed by atoms with Gasteiger partial charge in [-0.15, -0.1) is 0 Å². The predicted molar refractivity (Wildman–Crippen MR) is 39.4 cm³/mol. The maximum atomic E-state index is 8.57. The number of alkyl halides is 1. The Balaban J connectivity index is 2.40. The highest BCUT2D eigenvalue weighted by molar-refractivity contribution is 6.18. The third-order valence-electron chi connectivity index (χ3n) is 1.19. The van der Waals surface area contributed by atoms with E-state index in [0.717, 1.165) is 12.8 Å². The first-order chi connectivity index (χ1) is 4.79. The lowest BCUT2D eigenvalue weighted by molar-refractivity contribution is 0.00636. The molecule has 0 radical (unpaired) electrons. The molecule has 0 fully saturated rings. The number of ether oxygens (including phenoxy) is 1. The molecule has 0 bridgehead atoms. The number of halogens is 1. The fourth-order valence-corrected chi connectivity index (χ4v) is 0.892. The van der Waals surface area contributed by atoms with E-state index in [1.54, 1.807) is 6.08 Å². The van der Waals surface area contributed by atoms with Gasteiger partial charge in [0.05, 0.1) is 0 Å². The van der Waals surface area contributed by atoms with Crippen molar-refractivity contribution in [3.63, 3.8) is 0 Å². The van der Waals surface area contributed by atoms with Crippen LogP contribution in [0.4, 0.5) is 0 Å². The third kappa shape index (κ3) is 2.42. The van der Waals surface area contributed by atoms with Crippen LogP contribution >= 0.6 is 11.6 Å². The maximum Gasteiger partial charge on any atom is 0.277 e. The summed E-state index contributed by atoms with van der Waals surface area (Å²) in [5.74, 6) is -0.581. The van der Waals surface area contributed by atoms with Gasteiger partial charge in [0.15, 0.2) is 0 Å². The summed E-state index contributed by atoms with van der Waals surface area (Å²) in [6.07, 6.45) is 7.66. The van der Waals surface area contributed by atoms with Crippen LogP contribution in [-0.4, -0.2) is 10.9 Å². The molecule has 0 aromatic heterocycles. The molecule has 1 atom stereocenters. The Morgan fingerprint density at radius 2 is 2.40 bits per heavy atom. The predicted octanol–water partition coefficient (Wildman–Crippen LogP) is 1.75. The highest BCUT2D eigenvalue weighted by Gasteiger charge is 2.01.